The minimum absolute atomic E-state index is 0.299. The van der Waals surface area contributed by atoms with Crippen molar-refractivity contribution in [3.8, 4) is 5.75 Å². The molecule has 3 aromatic rings. The zero-order valence-corrected chi connectivity index (χ0v) is 13.7. The molecule has 122 valence electrons. The van der Waals surface area contributed by atoms with Gasteiger partial charge in [-0.05, 0) is 49.4 Å². The van der Waals surface area contributed by atoms with Gasteiger partial charge in [-0.25, -0.2) is 9.59 Å². The van der Waals surface area contributed by atoms with Crippen LogP contribution in [0.15, 0.2) is 46.9 Å². The molecular formula is C18H13ClO5. The van der Waals surface area contributed by atoms with Crippen LogP contribution in [0, 0.1) is 6.92 Å². The molecule has 0 bridgehead atoms. The number of halogens is 1. The average molecular weight is 345 g/mol. The van der Waals surface area contributed by atoms with E-state index in [2.05, 4.69) is 0 Å². The van der Waals surface area contributed by atoms with E-state index < -0.39 is 11.9 Å². The predicted molar refractivity (Wildman–Crippen MR) is 88.7 cm³/mol. The summed E-state index contributed by atoms with van der Waals surface area (Å²) in [5, 5.41) is 1.06. The number of furan rings is 1. The number of methoxy groups -OCH3 is 1. The van der Waals surface area contributed by atoms with Crippen LogP contribution in [0.2, 0.25) is 5.02 Å². The summed E-state index contributed by atoms with van der Waals surface area (Å²) in [7, 11) is 1.30. The molecule has 0 unspecified atom stereocenters. The van der Waals surface area contributed by atoms with Crippen molar-refractivity contribution >= 4 is 34.5 Å². The van der Waals surface area contributed by atoms with Crippen LogP contribution in [-0.4, -0.2) is 19.0 Å². The molecule has 0 spiro atoms. The van der Waals surface area contributed by atoms with Crippen LogP contribution < -0.4 is 4.74 Å². The normalized spacial score (nSPS) is 10.6. The predicted octanol–water partition coefficient (Wildman–Crippen LogP) is 4.40. The Morgan fingerprint density at radius 1 is 1.04 bits per heavy atom. The molecule has 24 heavy (non-hydrogen) atoms. The van der Waals surface area contributed by atoms with Gasteiger partial charge in [0.05, 0.1) is 12.7 Å². The lowest BCUT2D eigenvalue weighted by atomic mass is 10.1. The molecule has 0 N–H and O–H groups in total. The number of ether oxygens (including phenoxy) is 2. The van der Waals surface area contributed by atoms with Crippen molar-refractivity contribution in [3.05, 3.63) is 64.4 Å². The number of benzene rings is 2. The monoisotopic (exact) mass is 344 g/mol. The zero-order chi connectivity index (χ0) is 17.3. The van der Waals surface area contributed by atoms with Gasteiger partial charge in [-0.1, -0.05) is 11.6 Å². The van der Waals surface area contributed by atoms with E-state index in [0.717, 1.165) is 0 Å². The molecule has 0 aliphatic heterocycles. The highest BCUT2D eigenvalue weighted by Crippen LogP contribution is 2.30. The van der Waals surface area contributed by atoms with Gasteiger partial charge in [0.25, 0.3) is 0 Å². The maximum absolute atomic E-state index is 12.2. The summed E-state index contributed by atoms with van der Waals surface area (Å²) in [5.41, 5.74) is 1.20. The first-order valence-electron chi connectivity index (χ1n) is 7.09. The fourth-order valence-corrected chi connectivity index (χ4v) is 2.50. The van der Waals surface area contributed by atoms with Gasteiger partial charge in [-0.15, -0.1) is 0 Å². The maximum Gasteiger partial charge on any atom is 0.343 e. The number of rotatable bonds is 3. The Balaban J connectivity index is 1.94. The number of aryl methyl sites for hydroxylation is 1. The third-order valence-electron chi connectivity index (χ3n) is 3.52. The third kappa shape index (κ3) is 2.98. The summed E-state index contributed by atoms with van der Waals surface area (Å²) in [5.74, 6) is -0.287. The standard InChI is InChI=1S/C18H13ClO5/c1-10-16(18(21)22-2)14-9-13(7-8-15(14)23-10)24-17(20)11-3-5-12(19)6-4-11/h3-9H,1-2H3. The SMILES string of the molecule is COC(=O)c1c(C)oc2ccc(OC(=O)c3ccc(Cl)cc3)cc12. The highest BCUT2D eigenvalue weighted by molar-refractivity contribution is 6.30. The van der Waals surface area contributed by atoms with Gasteiger partial charge in [-0.2, -0.15) is 0 Å². The molecule has 2 aromatic carbocycles. The Labute approximate surface area is 142 Å². The third-order valence-corrected chi connectivity index (χ3v) is 3.77. The maximum atomic E-state index is 12.2. The second kappa shape index (κ2) is 6.37. The summed E-state index contributed by atoms with van der Waals surface area (Å²) in [6.07, 6.45) is 0. The smallest absolute Gasteiger partial charge is 0.343 e. The first-order chi connectivity index (χ1) is 11.5. The van der Waals surface area contributed by atoms with Gasteiger partial charge >= 0.3 is 11.9 Å². The summed E-state index contributed by atoms with van der Waals surface area (Å²) in [6.45, 7) is 1.67. The van der Waals surface area contributed by atoms with Crippen LogP contribution in [0.4, 0.5) is 0 Å². The molecule has 3 rings (SSSR count). The lowest BCUT2D eigenvalue weighted by Gasteiger charge is -2.05. The quantitative estimate of drug-likeness (QED) is 0.520. The summed E-state index contributed by atoms with van der Waals surface area (Å²) < 4.78 is 15.6. The first-order valence-corrected chi connectivity index (χ1v) is 7.46. The molecule has 0 atom stereocenters. The van der Waals surface area contributed by atoms with Crippen LogP contribution in [0.25, 0.3) is 11.0 Å². The van der Waals surface area contributed by atoms with Crippen LogP contribution in [0.5, 0.6) is 5.75 Å². The number of carbonyl (C=O) groups is 2. The fraction of sp³-hybridized carbons (Fsp3) is 0.111. The minimum atomic E-state index is -0.522. The molecule has 0 fully saturated rings. The van der Waals surface area contributed by atoms with E-state index >= 15 is 0 Å². The topological polar surface area (TPSA) is 65.7 Å². The first kappa shape index (κ1) is 16.1. The lowest BCUT2D eigenvalue weighted by Crippen LogP contribution is -2.08. The fourth-order valence-electron chi connectivity index (χ4n) is 2.37. The van der Waals surface area contributed by atoms with Crippen molar-refractivity contribution in [2.45, 2.75) is 6.92 Å². The molecule has 5 nitrogen and oxygen atoms in total. The highest BCUT2D eigenvalue weighted by atomic mass is 35.5. The molecule has 0 radical (unpaired) electrons. The number of fused-ring (bicyclic) bond motifs is 1. The molecule has 0 saturated carbocycles. The second-order valence-corrected chi connectivity index (χ2v) is 5.52. The zero-order valence-electron chi connectivity index (χ0n) is 13.0. The van der Waals surface area contributed by atoms with Crippen LogP contribution in [0.1, 0.15) is 26.5 Å². The summed E-state index contributed by atoms with van der Waals surface area (Å²) in [4.78, 5) is 24.1. The van der Waals surface area contributed by atoms with E-state index in [-0.39, 0.29) is 0 Å². The van der Waals surface area contributed by atoms with Crippen molar-refractivity contribution in [1.82, 2.24) is 0 Å². The van der Waals surface area contributed by atoms with Gasteiger partial charge < -0.3 is 13.9 Å². The summed E-state index contributed by atoms with van der Waals surface area (Å²) in [6, 6.07) is 11.2. The Morgan fingerprint density at radius 2 is 1.75 bits per heavy atom. The van der Waals surface area contributed by atoms with Crippen LogP contribution >= 0.6 is 11.6 Å². The van der Waals surface area contributed by atoms with Gasteiger partial charge in [0.2, 0.25) is 0 Å². The molecule has 0 amide bonds. The van der Waals surface area contributed by atoms with E-state index in [1.807, 2.05) is 0 Å². The number of hydrogen-bond donors (Lipinski definition) is 0. The Morgan fingerprint density at radius 3 is 2.42 bits per heavy atom. The minimum Gasteiger partial charge on any atom is -0.465 e. The van der Waals surface area contributed by atoms with Crippen molar-refractivity contribution in [1.29, 1.82) is 0 Å². The number of hydrogen-bond acceptors (Lipinski definition) is 5. The van der Waals surface area contributed by atoms with Gasteiger partial charge in [0, 0.05) is 10.4 Å². The van der Waals surface area contributed by atoms with Crippen molar-refractivity contribution in [2.75, 3.05) is 7.11 Å². The Bertz CT molecular complexity index is 924. The lowest BCUT2D eigenvalue weighted by molar-refractivity contribution is 0.0600. The molecule has 1 aromatic heterocycles. The van der Waals surface area contributed by atoms with Gasteiger partial charge in [0.1, 0.15) is 22.7 Å². The van der Waals surface area contributed by atoms with E-state index in [4.69, 9.17) is 25.5 Å². The molecule has 6 heteroatoms. The van der Waals surface area contributed by atoms with Crippen molar-refractivity contribution in [2.24, 2.45) is 0 Å². The average Bonchev–Trinajstić information content (AvgIpc) is 2.90. The van der Waals surface area contributed by atoms with Crippen molar-refractivity contribution in [3.63, 3.8) is 0 Å². The van der Waals surface area contributed by atoms with Crippen LogP contribution in [0.3, 0.4) is 0 Å². The van der Waals surface area contributed by atoms with E-state index in [9.17, 15) is 9.59 Å². The second-order valence-electron chi connectivity index (χ2n) is 5.08. The molecular weight excluding hydrogens is 332 g/mol. The number of esters is 2. The Kier molecular flexibility index (Phi) is 4.27. The Hall–Kier alpha value is -2.79. The molecule has 0 aliphatic carbocycles. The molecule has 0 aliphatic rings. The number of carbonyl (C=O) groups excluding carboxylic acids is 2. The summed E-state index contributed by atoms with van der Waals surface area (Å²) >= 11 is 5.80. The molecule has 0 saturated heterocycles. The van der Waals surface area contributed by atoms with Crippen molar-refractivity contribution < 1.29 is 23.5 Å². The van der Waals surface area contributed by atoms with Crippen LogP contribution in [-0.2, 0) is 4.74 Å². The van der Waals surface area contributed by atoms with Gasteiger partial charge in [0.15, 0.2) is 0 Å². The van der Waals surface area contributed by atoms with E-state index in [1.54, 1.807) is 49.4 Å². The van der Waals surface area contributed by atoms with E-state index in [1.165, 1.54) is 7.11 Å². The van der Waals surface area contributed by atoms with E-state index in [0.29, 0.717) is 38.6 Å². The highest BCUT2D eigenvalue weighted by Gasteiger charge is 2.20. The molecule has 1 heterocycles. The largest absolute Gasteiger partial charge is 0.465 e. The van der Waals surface area contributed by atoms with Gasteiger partial charge in [-0.3, -0.25) is 0 Å².